The SMILES string of the molecule is Cc1cc(C(=O)COC(=O)[C@@H]2COCCO2)c(C)n1-c1ccc(F)c(Cl)c1. The van der Waals surface area contributed by atoms with Crippen molar-refractivity contribution in [2.75, 3.05) is 26.4 Å². The number of carbonyl (C=O) groups is 2. The van der Waals surface area contributed by atoms with Crippen LogP contribution in [0.3, 0.4) is 0 Å². The smallest absolute Gasteiger partial charge is 0.338 e. The van der Waals surface area contributed by atoms with Gasteiger partial charge in [0.25, 0.3) is 0 Å². The van der Waals surface area contributed by atoms with Gasteiger partial charge in [0.05, 0.1) is 24.8 Å². The molecule has 0 amide bonds. The van der Waals surface area contributed by atoms with Crippen molar-refractivity contribution in [3.63, 3.8) is 0 Å². The molecule has 1 aliphatic heterocycles. The van der Waals surface area contributed by atoms with E-state index in [-0.39, 0.29) is 17.4 Å². The number of hydrogen-bond donors (Lipinski definition) is 0. The van der Waals surface area contributed by atoms with E-state index in [9.17, 15) is 14.0 Å². The Morgan fingerprint density at radius 1 is 1.30 bits per heavy atom. The first-order chi connectivity index (χ1) is 12.9. The van der Waals surface area contributed by atoms with Crippen molar-refractivity contribution in [1.29, 1.82) is 0 Å². The van der Waals surface area contributed by atoms with Gasteiger partial charge in [0.2, 0.25) is 5.78 Å². The highest BCUT2D eigenvalue weighted by Crippen LogP contribution is 2.25. The Morgan fingerprint density at radius 3 is 2.74 bits per heavy atom. The molecule has 1 aromatic carbocycles. The van der Waals surface area contributed by atoms with E-state index < -0.39 is 24.5 Å². The molecule has 0 spiro atoms. The largest absolute Gasteiger partial charge is 0.455 e. The lowest BCUT2D eigenvalue weighted by molar-refractivity contribution is -0.169. The Morgan fingerprint density at radius 2 is 2.07 bits per heavy atom. The number of esters is 1. The molecule has 1 fully saturated rings. The van der Waals surface area contributed by atoms with Gasteiger partial charge in [-0.05, 0) is 38.1 Å². The number of halogens is 2. The number of aromatic nitrogens is 1. The third-order valence-electron chi connectivity index (χ3n) is 4.32. The quantitative estimate of drug-likeness (QED) is 0.575. The minimum Gasteiger partial charge on any atom is -0.455 e. The number of carbonyl (C=O) groups excluding carboxylic acids is 2. The summed E-state index contributed by atoms with van der Waals surface area (Å²) in [5, 5.41) is -0.00323. The number of ketones is 1. The second-order valence-corrected chi connectivity index (χ2v) is 6.59. The summed E-state index contributed by atoms with van der Waals surface area (Å²) in [4.78, 5) is 24.5. The maximum Gasteiger partial charge on any atom is 0.338 e. The first-order valence-corrected chi connectivity index (χ1v) is 8.80. The molecule has 27 heavy (non-hydrogen) atoms. The zero-order valence-electron chi connectivity index (χ0n) is 15.0. The summed E-state index contributed by atoms with van der Waals surface area (Å²) in [5.41, 5.74) is 2.48. The lowest BCUT2D eigenvalue weighted by Gasteiger charge is -2.21. The summed E-state index contributed by atoms with van der Waals surface area (Å²) >= 11 is 5.86. The second-order valence-electron chi connectivity index (χ2n) is 6.18. The molecular formula is C19H19ClFNO5. The molecule has 1 aliphatic rings. The molecule has 0 unspecified atom stereocenters. The van der Waals surface area contributed by atoms with Gasteiger partial charge in [0.1, 0.15) is 5.82 Å². The zero-order valence-corrected chi connectivity index (χ0v) is 15.7. The zero-order chi connectivity index (χ0) is 19.6. The van der Waals surface area contributed by atoms with E-state index in [1.807, 2.05) is 6.92 Å². The first-order valence-electron chi connectivity index (χ1n) is 8.42. The Hall–Kier alpha value is -2.22. The van der Waals surface area contributed by atoms with Gasteiger partial charge in [-0.25, -0.2) is 9.18 Å². The average Bonchev–Trinajstić information content (AvgIpc) is 2.97. The van der Waals surface area contributed by atoms with E-state index in [0.717, 1.165) is 5.69 Å². The molecule has 1 aromatic heterocycles. The van der Waals surface area contributed by atoms with Crippen molar-refractivity contribution >= 4 is 23.4 Å². The molecule has 0 aliphatic carbocycles. The van der Waals surface area contributed by atoms with Crippen LogP contribution in [0.4, 0.5) is 4.39 Å². The van der Waals surface area contributed by atoms with Gasteiger partial charge < -0.3 is 18.8 Å². The van der Waals surface area contributed by atoms with Gasteiger partial charge >= 0.3 is 5.97 Å². The molecule has 0 saturated carbocycles. The molecular weight excluding hydrogens is 377 g/mol. The van der Waals surface area contributed by atoms with Crippen LogP contribution in [0.15, 0.2) is 24.3 Å². The molecule has 8 heteroatoms. The van der Waals surface area contributed by atoms with Crippen molar-refractivity contribution in [1.82, 2.24) is 4.57 Å². The number of nitrogens with zero attached hydrogens (tertiary/aromatic N) is 1. The van der Waals surface area contributed by atoms with Crippen molar-refractivity contribution in [3.8, 4) is 5.69 Å². The predicted octanol–water partition coefficient (Wildman–Crippen LogP) is 3.03. The van der Waals surface area contributed by atoms with Gasteiger partial charge in [0, 0.05) is 22.6 Å². The fourth-order valence-corrected chi connectivity index (χ4v) is 3.17. The fourth-order valence-electron chi connectivity index (χ4n) is 3.00. The third kappa shape index (κ3) is 4.21. The van der Waals surface area contributed by atoms with E-state index in [1.54, 1.807) is 23.6 Å². The molecule has 6 nitrogen and oxygen atoms in total. The number of rotatable bonds is 5. The Balaban J connectivity index is 1.74. The van der Waals surface area contributed by atoms with E-state index >= 15 is 0 Å². The van der Waals surface area contributed by atoms with Gasteiger partial charge in [-0.15, -0.1) is 0 Å². The number of hydrogen-bond acceptors (Lipinski definition) is 5. The van der Waals surface area contributed by atoms with E-state index in [0.29, 0.717) is 30.2 Å². The van der Waals surface area contributed by atoms with E-state index in [4.69, 9.17) is 25.8 Å². The van der Waals surface area contributed by atoms with E-state index in [2.05, 4.69) is 0 Å². The average molecular weight is 396 g/mol. The molecule has 144 valence electrons. The Labute approximate surface area is 160 Å². The normalized spacial score (nSPS) is 17.0. The van der Waals surface area contributed by atoms with Gasteiger partial charge in [-0.3, -0.25) is 4.79 Å². The van der Waals surface area contributed by atoms with Crippen LogP contribution in [0.25, 0.3) is 5.69 Å². The number of aryl methyl sites for hydroxylation is 1. The number of Topliss-reactive ketones (excluding diaryl/α,β-unsaturated/α-hetero) is 1. The summed E-state index contributed by atoms with van der Waals surface area (Å²) in [5.74, 6) is -1.48. The van der Waals surface area contributed by atoms with Crippen molar-refractivity contribution in [2.24, 2.45) is 0 Å². The van der Waals surface area contributed by atoms with Crippen molar-refractivity contribution in [2.45, 2.75) is 20.0 Å². The van der Waals surface area contributed by atoms with Crippen LogP contribution >= 0.6 is 11.6 Å². The third-order valence-corrected chi connectivity index (χ3v) is 4.61. The Bertz CT molecular complexity index is 873. The molecule has 1 saturated heterocycles. The molecule has 0 bridgehead atoms. The highest BCUT2D eigenvalue weighted by Gasteiger charge is 2.26. The molecule has 0 radical (unpaired) electrons. The molecule has 0 N–H and O–H groups in total. The monoisotopic (exact) mass is 395 g/mol. The summed E-state index contributed by atoms with van der Waals surface area (Å²) in [6, 6.07) is 6.04. The minimum absolute atomic E-state index is 0.00323. The molecule has 1 atom stereocenters. The fraction of sp³-hybridized carbons (Fsp3) is 0.368. The van der Waals surface area contributed by atoms with Gasteiger partial charge in [-0.2, -0.15) is 0 Å². The maximum absolute atomic E-state index is 13.4. The van der Waals surface area contributed by atoms with Crippen LogP contribution in [-0.2, 0) is 19.0 Å². The van der Waals surface area contributed by atoms with Crippen LogP contribution in [0.2, 0.25) is 5.02 Å². The molecule has 2 aromatic rings. The summed E-state index contributed by atoms with van der Waals surface area (Å²) < 4.78 is 30.7. The van der Waals surface area contributed by atoms with Crippen LogP contribution in [-0.4, -0.2) is 48.9 Å². The van der Waals surface area contributed by atoms with Crippen LogP contribution in [0, 0.1) is 19.7 Å². The van der Waals surface area contributed by atoms with Crippen LogP contribution in [0.1, 0.15) is 21.7 Å². The Kier molecular flexibility index (Phi) is 5.94. The highest BCUT2D eigenvalue weighted by molar-refractivity contribution is 6.30. The first kappa shape index (κ1) is 19.5. The van der Waals surface area contributed by atoms with Crippen molar-refractivity contribution in [3.05, 3.63) is 52.1 Å². The lowest BCUT2D eigenvalue weighted by atomic mass is 10.1. The van der Waals surface area contributed by atoms with Crippen LogP contribution in [0.5, 0.6) is 0 Å². The molecule has 2 heterocycles. The minimum atomic E-state index is -0.805. The standard InChI is InChI=1S/C19H19ClFNO5/c1-11-7-14(12(2)22(11)13-3-4-16(21)15(20)8-13)17(23)9-27-19(24)18-10-25-5-6-26-18/h3-4,7-8,18H,5-6,9-10H2,1-2H3/t18-/m0/s1. The highest BCUT2D eigenvalue weighted by atomic mass is 35.5. The number of ether oxygens (including phenoxy) is 3. The van der Waals surface area contributed by atoms with Gasteiger partial charge in [-0.1, -0.05) is 11.6 Å². The van der Waals surface area contributed by atoms with Crippen molar-refractivity contribution < 1.29 is 28.2 Å². The van der Waals surface area contributed by atoms with Gasteiger partial charge in [0.15, 0.2) is 12.7 Å². The number of benzene rings is 1. The molecule has 3 rings (SSSR count). The predicted molar refractivity (Wildman–Crippen MR) is 96.1 cm³/mol. The van der Waals surface area contributed by atoms with Crippen LogP contribution < -0.4 is 0 Å². The topological polar surface area (TPSA) is 66.8 Å². The second kappa shape index (κ2) is 8.21. The summed E-state index contributed by atoms with van der Waals surface area (Å²) in [7, 11) is 0. The summed E-state index contributed by atoms with van der Waals surface area (Å²) in [6.07, 6.45) is -0.805. The summed E-state index contributed by atoms with van der Waals surface area (Å²) in [6.45, 7) is 4.05. The lowest BCUT2D eigenvalue weighted by Crippen LogP contribution is -2.37. The van der Waals surface area contributed by atoms with E-state index in [1.165, 1.54) is 12.1 Å². The maximum atomic E-state index is 13.4.